The summed E-state index contributed by atoms with van der Waals surface area (Å²) in [6.07, 6.45) is 1.57. The Bertz CT molecular complexity index is 727. The molecule has 1 heterocycles. The van der Waals surface area contributed by atoms with Gasteiger partial charge < -0.3 is 19.5 Å². The van der Waals surface area contributed by atoms with E-state index < -0.39 is 0 Å². The fourth-order valence-corrected chi connectivity index (χ4v) is 2.39. The summed E-state index contributed by atoms with van der Waals surface area (Å²) in [6, 6.07) is 5.42. The summed E-state index contributed by atoms with van der Waals surface area (Å²) in [5.41, 5.74) is 2.32. The quantitative estimate of drug-likeness (QED) is 0.742. The minimum Gasteiger partial charge on any atom is -0.493 e. The third-order valence-electron chi connectivity index (χ3n) is 4.06. The van der Waals surface area contributed by atoms with E-state index in [2.05, 4.69) is 10.4 Å². The standard InChI is InChI=1S/C18H25N3O4/c1-12(20-18(22)15-11-19-21(3)13(15)2)14-6-7-16(17(10-14)24-5)25-9-8-23-4/h6-7,10-12H,8-9H2,1-5H3,(H,20,22)/t12-/m0/s1. The van der Waals surface area contributed by atoms with Gasteiger partial charge in [-0.1, -0.05) is 6.07 Å². The molecule has 2 rings (SSSR count). The number of rotatable bonds is 8. The van der Waals surface area contributed by atoms with Crippen molar-refractivity contribution in [1.82, 2.24) is 15.1 Å². The van der Waals surface area contributed by atoms with Gasteiger partial charge in [0, 0.05) is 19.9 Å². The van der Waals surface area contributed by atoms with Crippen molar-refractivity contribution in [3.63, 3.8) is 0 Å². The molecule has 1 aromatic heterocycles. The van der Waals surface area contributed by atoms with E-state index in [0.717, 1.165) is 11.3 Å². The van der Waals surface area contributed by atoms with Crippen LogP contribution in [-0.4, -0.2) is 43.1 Å². The van der Waals surface area contributed by atoms with Gasteiger partial charge in [0.2, 0.25) is 0 Å². The van der Waals surface area contributed by atoms with Crippen LogP contribution in [0.25, 0.3) is 0 Å². The molecule has 0 unspecified atom stereocenters. The van der Waals surface area contributed by atoms with Crippen LogP contribution in [0.1, 0.15) is 34.6 Å². The molecule has 0 bridgehead atoms. The molecule has 0 fully saturated rings. The van der Waals surface area contributed by atoms with Crippen LogP contribution in [-0.2, 0) is 11.8 Å². The molecule has 0 spiro atoms. The average molecular weight is 347 g/mol. The molecule has 0 aliphatic rings. The van der Waals surface area contributed by atoms with Gasteiger partial charge in [-0.15, -0.1) is 0 Å². The monoisotopic (exact) mass is 347 g/mol. The Hall–Kier alpha value is -2.54. The number of carbonyl (C=O) groups is 1. The SMILES string of the molecule is COCCOc1ccc([C@H](C)NC(=O)c2cnn(C)c2C)cc1OC. The fraction of sp³-hybridized carbons (Fsp3) is 0.444. The van der Waals surface area contributed by atoms with Crippen molar-refractivity contribution in [2.24, 2.45) is 7.05 Å². The van der Waals surface area contributed by atoms with Crippen molar-refractivity contribution in [1.29, 1.82) is 0 Å². The molecule has 0 aliphatic carbocycles. The van der Waals surface area contributed by atoms with E-state index in [-0.39, 0.29) is 11.9 Å². The van der Waals surface area contributed by atoms with Crippen molar-refractivity contribution in [2.75, 3.05) is 27.4 Å². The second-order valence-electron chi connectivity index (χ2n) is 5.71. The lowest BCUT2D eigenvalue weighted by Gasteiger charge is -2.17. The van der Waals surface area contributed by atoms with Crippen LogP contribution in [0.2, 0.25) is 0 Å². The highest BCUT2D eigenvalue weighted by Crippen LogP contribution is 2.30. The Morgan fingerprint density at radius 3 is 2.64 bits per heavy atom. The highest BCUT2D eigenvalue weighted by atomic mass is 16.5. The molecule has 1 atom stereocenters. The molecule has 2 aromatic rings. The maximum atomic E-state index is 12.4. The number of nitrogens with zero attached hydrogens (tertiary/aromatic N) is 2. The van der Waals surface area contributed by atoms with Crippen LogP contribution in [0.15, 0.2) is 24.4 Å². The second-order valence-corrected chi connectivity index (χ2v) is 5.71. The smallest absolute Gasteiger partial charge is 0.255 e. The summed E-state index contributed by atoms with van der Waals surface area (Å²) in [7, 11) is 5.02. The number of aromatic nitrogens is 2. The number of benzene rings is 1. The first-order valence-electron chi connectivity index (χ1n) is 8.07. The van der Waals surface area contributed by atoms with Crippen LogP contribution < -0.4 is 14.8 Å². The predicted octanol–water partition coefficient (Wildman–Crippen LogP) is 2.25. The number of hydrogen-bond acceptors (Lipinski definition) is 5. The zero-order valence-corrected chi connectivity index (χ0v) is 15.3. The molecule has 25 heavy (non-hydrogen) atoms. The first-order chi connectivity index (χ1) is 12.0. The van der Waals surface area contributed by atoms with Gasteiger partial charge in [-0.2, -0.15) is 5.10 Å². The number of aryl methyl sites for hydroxylation is 1. The van der Waals surface area contributed by atoms with Crippen molar-refractivity contribution < 1.29 is 19.0 Å². The van der Waals surface area contributed by atoms with Gasteiger partial charge in [-0.05, 0) is 31.5 Å². The lowest BCUT2D eigenvalue weighted by atomic mass is 10.1. The summed E-state index contributed by atoms with van der Waals surface area (Å²) in [4.78, 5) is 12.4. The van der Waals surface area contributed by atoms with E-state index in [1.54, 1.807) is 25.1 Å². The topological polar surface area (TPSA) is 74.6 Å². The molecule has 1 amide bonds. The molecule has 0 radical (unpaired) electrons. The molecule has 0 saturated carbocycles. The van der Waals surface area contributed by atoms with Crippen molar-refractivity contribution in [3.05, 3.63) is 41.2 Å². The first kappa shape index (κ1) is 18.8. The lowest BCUT2D eigenvalue weighted by molar-refractivity contribution is 0.0939. The van der Waals surface area contributed by atoms with Gasteiger partial charge in [-0.25, -0.2) is 0 Å². The molecule has 0 saturated heterocycles. The molecule has 7 heteroatoms. The Balaban J connectivity index is 2.09. The molecule has 1 aromatic carbocycles. The van der Waals surface area contributed by atoms with Crippen LogP contribution in [0.3, 0.4) is 0 Å². The number of ether oxygens (including phenoxy) is 3. The average Bonchev–Trinajstić information content (AvgIpc) is 2.94. The number of hydrogen-bond donors (Lipinski definition) is 1. The zero-order valence-electron chi connectivity index (χ0n) is 15.3. The van der Waals surface area contributed by atoms with Crippen molar-refractivity contribution >= 4 is 5.91 Å². The van der Waals surface area contributed by atoms with Crippen molar-refractivity contribution in [3.8, 4) is 11.5 Å². The maximum absolute atomic E-state index is 12.4. The molecule has 1 N–H and O–H groups in total. The first-order valence-corrected chi connectivity index (χ1v) is 8.07. The van der Waals surface area contributed by atoms with Gasteiger partial charge in [-0.3, -0.25) is 9.48 Å². The summed E-state index contributed by atoms with van der Waals surface area (Å²) in [5.74, 6) is 1.11. The highest BCUT2D eigenvalue weighted by Gasteiger charge is 2.17. The van der Waals surface area contributed by atoms with Crippen LogP contribution in [0.5, 0.6) is 11.5 Å². The van der Waals surface area contributed by atoms with Gasteiger partial charge in [0.05, 0.1) is 31.5 Å². The molecule has 7 nitrogen and oxygen atoms in total. The van der Waals surface area contributed by atoms with E-state index in [0.29, 0.717) is 30.3 Å². The third-order valence-corrected chi connectivity index (χ3v) is 4.06. The zero-order chi connectivity index (χ0) is 18.4. The van der Waals surface area contributed by atoms with Gasteiger partial charge >= 0.3 is 0 Å². The number of carbonyl (C=O) groups excluding carboxylic acids is 1. The number of nitrogens with one attached hydrogen (secondary N) is 1. The second kappa shape index (κ2) is 8.53. The summed E-state index contributed by atoms with van der Waals surface area (Å²) in [6.45, 7) is 4.73. The summed E-state index contributed by atoms with van der Waals surface area (Å²) in [5, 5.41) is 7.08. The van der Waals surface area contributed by atoms with E-state index >= 15 is 0 Å². The molecular formula is C18H25N3O4. The normalized spacial score (nSPS) is 11.9. The van der Waals surface area contributed by atoms with E-state index in [1.807, 2.05) is 39.1 Å². The fourth-order valence-electron chi connectivity index (χ4n) is 2.39. The number of methoxy groups -OCH3 is 2. The maximum Gasteiger partial charge on any atom is 0.255 e. The van der Waals surface area contributed by atoms with Crippen LogP contribution >= 0.6 is 0 Å². The van der Waals surface area contributed by atoms with Crippen LogP contribution in [0, 0.1) is 6.92 Å². The number of amides is 1. The van der Waals surface area contributed by atoms with Crippen LogP contribution in [0.4, 0.5) is 0 Å². The Kier molecular flexibility index (Phi) is 6.41. The highest BCUT2D eigenvalue weighted by molar-refractivity contribution is 5.95. The lowest BCUT2D eigenvalue weighted by Crippen LogP contribution is -2.27. The molecular weight excluding hydrogens is 322 g/mol. The van der Waals surface area contributed by atoms with E-state index in [9.17, 15) is 4.79 Å². The largest absolute Gasteiger partial charge is 0.493 e. The van der Waals surface area contributed by atoms with Gasteiger partial charge in [0.1, 0.15) is 6.61 Å². The van der Waals surface area contributed by atoms with Gasteiger partial charge in [0.15, 0.2) is 11.5 Å². The minimum absolute atomic E-state index is 0.155. The Morgan fingerprint density at radius 1 is 1.28 bits per heavy atom. The third kappa shape index (κ3) is 4.51. The Labute approximate surface area is 147 Å². The van der Waals surface area contributed by atoms with Gasteiger partial charge in [0.25, 0.3) is 5.91 Å². The summed E-state index contributed by atoms with van der Waals surface area (Å²) >= 11 is 0. The van der Waals surface area contributed by atoms with E-state index in [4.69, 9.17) is 14.2 Å². The molecule has 0 aliphatic heterocycles. The predicted molar refractivity (Wildman–Crippen MR) is 94.2 cm³/mol. The Morgan fingerprint density at radius 2 is 2.04 bits per heavy atom. The molecule has 136 valence electrons. The minimum atomic E-state index is -0.186. The summed E-state index contributed by atoms with van der Waals surface area (Å²) < 4.78 is 17.7. The van der Waals surface area contributed by atoms with Crippen molar-refractivity contribution in [2.45, 2.75) is 19.9 Å². The van der Waals surface area contributed by atoms with E-state index in [1.165, 1.54) is 0 Å².